The van der Waals surface area contributed by atoms with E-state index < -0.39 is 11.9 Å². The largest absolute Gasteiger partial charge is 0.481 e. The van der Waals surface area contributed by atoms with Crippen LogP contribution in [0.4, 0.5) is 4.79 Å². The third kappa shape index (κ3) is 6.80. The SMILES string of the molecule is COCCC1(CNC(=O)NCC(CC(C)C)C(=O)O)CC1. The first-order chi connectivity index (χ1) is 9.88. The van der Waals surface area contributed by atoms with Gasteiger partial charge in [0.2, 0.25) is 0 Å². The average Bonchev–Trinajstić information content (AvgIpc) is 3.19. The molecule has 6 nitrogen and oxygen atoms in total. The summed E-state index contributed by atoms with van der Waals surface area (Å²) < 4.78 is 5.07. The van der Waals surface area contributed by atoms with Crippen molar-refractivity contribution in [3.63, 3.8) is 0 Å². The number of ether oxygens (including phenoxy) is 1. The normalized spacial score (nSPS) is 17.3. The van der Waals surface area contributed by atoms with Crippen LogP contribution in [0.15, 0.2) is 0 Å². The van der Waals surface area contributed by atoms with Gasteiger partial charge in [-0.1, -0.05) is 13.8 Å². The fourth-order valence-corrected chi connectivity index (χ4v) is 2.40. The van der Waals surface area contributed by atoms with Gasteiger partial charge in [-0.15, -0.1) is 0 Å². The molecule has 0 radical (unpaired) electrons. The van der Waals surface area contributed by atoms with Gasteiger partial charge < -0.3 is 20.5 Å². The predicted octanol–water partition coefficient (Wildman–Crippen LogP) is 1.85. The van der Waals surface area contributed by atoms with Gasteiger partial charge in [-0.25, -0.2) is 4.79 Å². The molecule has 1 atom stereocenters. The summed E-state index contributed by atoms with van der Waals surface area (Å²) in [4.78, 5) is 22.9. The molecule has 21 heavy (non-hydrogen) atoms. The smallest absolute Gasteiger partial charge is 0.314 e. The Morgan fingerprint density at radius 3 is 2.43 bits per heavy atom. The molecule has 0 spiro atoms. The van der Waals surface area contributed by atoms with Gasteiger partial charge >= 0.3 is 12.0 Å². The molecule has 0 saturated heterocycles. The monoisotopic (exact) mass is 300 g/mol. The summed E-state index contributed by atoms with van der Waals surface area (Å²) in [5, 5.41) is 14.6. The number of amides is 2. The van der Waals surface area contributed by atoms with Crippen LogP contribution in [0.3, 0.4) is 0 Å². The van der Waals surface area contributed by atoms with Crippen LogP contribution < -0.4 is 10.6 Å². The summed E-state index contributed by atoms with van der Waals surface area (Å²) in [7, 11) is 1.68. The van der Waals surface area contributed by atoms with E-state index in [4.69, 9.17) is 9.84 Å². The molecule has 2 amide bonds. The predicted molar refractivity (Wildman–Crippen MR) is 80.1 cm³/mol. The van der Waals surface area contributed by atoms with Gasteiger partial charge in [0.15, 0.2) is 0 Å². The summed E-state index contributed by atoms with van der Waals surface area (Å²) in [5.74, 6) is -1.10. The van der Waals surface area contributed by atoms with Gasteiger partial charge in [-0.2, -0.15) is 0 Å². The number of aliphatic carboxylic acids is 1. The molecule has 1 saturated carbocycles. The number of carboxylic acid groups (broad SMARTS) is 1. The van der Waals surface area contributed by atoms with Crippen molar-refractivity contribution in [2.75, 3.05) is 26.8 Å². The minimum atomic E-state index is -0.859. The van der Waals surface area contributed by atoms with Crippen LogP contribution in [0.25, 0.3) is 0 Å². The first-order valence-electron chi connectivity index (χ1n) is 7.62. The third-order valence-electron chi connectivity index (χ3n) is 4.03. The molecule has 122 valence electrons. The highest BCUT2D eigenvalue weighted by molar-refractivity contribution is 5.75. The van der Waals surface area contributed by atoms with Crippen molar-refractivity contribution in [1.82, 2.24) is 10.6 Å². The topological polar surface area (TPSA) is 87.7 Å². The maximum absolute atomic E-state index is 11.8. The summed E-state index contributed by atoms with van der Waals surface area (Å²) in [6.07, 6.45) is 3.74. The molecule has 0 bridgehead atoms. The minimum Gasteiger partial charge on any atom is -0.481 e. The van der Waals surface area contributed by atoms with E-state index in [0.717, 1.165) is 19.3 Å². The molecular formula is C15H28N2O4. The summed E-state index contributed by atoms with van der Waals surface area (Å²) >= 11 is 0. The molecule has 1 aliphatic rings. The lowest BCUT2D eigenvalue weighted by molar-refractivity contribution is -0.142. The number of hydrogen-bond acceptors (Lipinski definition) is 3. The van der Waals surface area contributed by atoms with Crippen LogP contribution in [-0.2, 0) is 9.53 Å². The Balaban J connectivity index is 2.25. The van der Waals surface area contributed by atoms with Gasteiger partial charge in [0.1, 0.15) is 0 Å². The Labute approximate surface area is 126 Å². The van der Waals surface area contributed by atoms with E-state index in [1.165, 1.54) is 0 Å². The number of rotatable bonds is 10. The third-order valence-corrected chi connectivity index (χ3v) is 4.03. The van der Waals surface area contributed by atoms with Crippen LogP contribution in [-0.4, -0.2) is 43.9 Å². The van der Waals surface area contributed by atoms with Crippen LogP contribution in [0.1, 0.15) is 39.5 Å². The fourth-order valence-electron chi connectivity index (χ4n) is 2.40. The van der Waals surface area contributed by atoms with Gasteiger partial charge in [0.25, 0.3) is 0 Å². The average molecular weight is 300 g/mol. The molecule has 1 rings (SSSR count). The zero-order chi connectivity index (χ0) is 15.9. The minimum absolute atomic E-state index is 0.171. The Bertz CT molecular complexity index is 354. The summed E-state index contributed by atoms with van der Waals surface area (Å²) in [6, 6.07) is -0.284. The van der Waals surface area contributed by atoms with E-state index in [-0.39, 0.29) is 18.0 Å². The van der Waals surface area contributed by atoms with E-state index in [1.54, 1.807) is 7.11 Å². The van der Waals surface area contributed by atoms with Crippen molar-refractivity contribution in [2.24, 2.45) is 17.3 Å². The number of carbonyl (C=O) groups is 2. The Morgan fingerprint density at radius 1 is 1.29 bits per heavy atom. The van der Waals surface area contributed by atoms with Gasteiger partial charge in [-0.05, 0) is 37.0 Å². The van der Waals surface area contributed by atoms with Crippen LogP contribution in [0, 0.1) is 17.3 Å². The number of methoxy groups -OCH3 is 1. The highest BCUT2D eigenvalue weighted by Gasteiger charge is 2.42. The van der Waals surface area contributed by atoms with E-state index in [0.29, 0.717) is 25.5 Å². The molecule has 1 aliphatic carbocycles. The first-order valence-corrected chi connectivity index (χ1v) is 7.62. The quantitative estimate of drug-likeness (QED) is 0.574. The molecule has 1 unspecified atom stereocenters. The maximum Gasteiger partial charge on any atom is 0.314 e. The first kappa shape index (κ1) is 17.8. The van der Waals surface area contributed by atoms with E-state index in [1.807, 2.05) is 13.8 Å². The molecule has 0 aromatic heterocycles. The van der Waals surface area contributed by atoms with Crippen molar-refractivity contribution in [2.45, 2.75) is 39.5 Å². The Morgan fingerprint density at radius 2 is 1.95 bits per heavy atom. The second-order valence-corrected chi connectivity index (χ2v) is 6.47. The highest BCUT2D eigenvalue weighted by atomic mass is 16.5. The molecule has 0 aliphatic heterocycles. The lowest BCUT2D eigenvalue weighted by Crippen LogP contribution is -2.42. The second-order valence-electron chi connectivity index (χ2n) is 6.47. The number of urea groups is 1. The number of carbonyl (C=O) groups excluding carboxylic acids is 1. The van der Waals surface area contributed by atoms with E-state index >= 15 is 0 Å². The molecule has 0 aromatic carbocycles. The lowest BCUT2D eigenvalue weighted by Gasteiger charge is -2.18. The zero-order valence-electron chi connectivity index (χ0n) is 13.3. The molecule has 6 heteroatoms. The zero-order valence-corrected chi connectivity index (χ0v) is 13.3. The molecule has 3 N–H and O–H groups in total. The van der Waals surface area contributed by atoms with Crippen molar-refractivity contribution in [1.29, 1.82) is 0 Å². The molecule has 0 aromatic rings. The maximum atomic E-state index is 11.8. The lowest BCUT2D eigenvalue weighted by atomic mass is 9.97. The highest BCUT2D eigenvalue weighted by Crippen LogP contribution is 2.48. The van der Waals surface area contributed by atoms with Crippen molar-refractivity contribution < 1.29 is 19.4 Å². The summed E-state index contributed by atoms with van der Waals surface area (Å²) in [5.41, 5.74) is 0.192. The van der Waals surface area contributed by atoms with E-state index in [2.05, 4.69) is 10.6 Å². The van der Waals surface area contributed by atoms with Gasteiger partial charge in [0, 0.05) is 26.8 Å². The van der Waals surface area contributed by atoms with Crippen molar-refractivity contribution in [3.05, 3.63) is 0 Å². The number of carboxylic acids is 1. The molecular weight excluding hydrogens is 272 g/mol. The van der Waals surface area contributed by atoms with Gasteiger partial charge in [0.05, 0.1) is 5.92 Å². The van der Waals surface area contributed by atoms with Crippen LogP contribution in [0.2, 0.25) is 0 Å². The molecule has 1 fully saturated rings. The standard InChI is InChI=1S/C15H28N2O4/c1-11(2)8-12(13(18)19)9-16-14(20)17-10-15(4-5-15)6-7-21-3/h11-12H,4-10H2,1-3H3,(H,18,19)(H2,16,17,20). The fraction of sp³-hybridized carbons (Fsp3) is 0.867. The Hall–Kier alpha value is -1.30. The van der Waals surface area contributed by atoms with Crippen molar-refractivity contribution >= 4 is 12.0 Å². The number of nitrogens with one attached hydrogen (secondary N) is 2. The van der Waals surface area contributed by atoms with Crippen LogP contribution >= 0.6 is 0 Å². The summed E-state index contributed by atoms with van der Waals surface area (Å²) in [6.45, 7) is 5.46. The number of hydrogen-bond donors (Lipinski definition) is 3. The van der Waals surface area contributed by atoms with E-state index in [9.17, 15) is 9.59 Å². The molecule has 0 heterocycles. The second kappa shape index (κ2) is 8.22. The van der Waals surface area contributed by atoms with Gasteiger partial charge in [-0.3, -0.25) is 4.79 Å². The van der Waals surface area contributed by atoms with Crippen LogP contribution in [0.5, 0.6) is 0 Å². The Kier molecular flexibility index (Phi) is 6.95. The van der Waals surface area contributed by atoms with Crippen molar-refractivity contribution in [3.8, 4) is 0 Å².